The highest BCUT2D eigenvalue weighted by molar-refractivity contribution is 8.00. The largest absolute Gasteiger partial charge is 0.477 e. The molecular weight excluding hydrogens is 438 g/mol. The van der Waals surface area contributed by atoms with Crippen molar-refractivity contribution in [2.45, 2.75) is 24.4 Å². The van der Waals surface area contributed by atoms with Gasteiger partial charge in [-0.1, -0.05) is 41.6 Å². The fourth-order valence-electron chi connectivity index (χ4n) is 3.33. The first kappa shape index (κ1) is 21.1. The van der Waals surface area contributed by atoms with E-state index in [-0.39, 0.29) is 24.6 Å². The summed E-state index contributed by atoms with van der Waals surface area (Å²) in [4.78, 5) is 44.1. The second-order valence-electron chi connectivity index (χ2n) is 6.88. The molecule has 31 heavy (non-hydrogen) atoms. The van der Waals surface area contributed by atoms with Crippen LogP contribution in [-0.4, -0.2) is 51.2 Å². The third kappa shape index (κ3) is 4.64. The predicted molar refractivity (Wildman–Crippen MR) is 117 cm³/mol. The third-order valence-electron chi connectivity index (χ3n) is 4.79. The molecule has 0 spiro atoms. The zero-order chi connectivity index (χ0) is 21.8. The number of carboxylic acids is 1. The van der Waals surface area contributed by atoms with E-state index in [1.165, 1.54) is 34.2 Å². The maximum atomic E-state index is 12.6. The van der Waals surface area contributed by atoms with Gasteiger partial charge in [0, 0.05) is 16.2 Å². The van der Waals surface area contributed by atoms with Crippen LogP contribution in [0.25, 0.3) is 0 Å². The van der Waals surface area contributed by atoms with E-state index < -0.39 is 23.3 Å². The van der Waals surface area contributed by atoms with E-state index in [2.05, 4.69) is 10.5 Å². The summed E-state index contributed by atoms with van der Waals surface area (Å²) in [6, 6.07) is 12.4. The van der Waals surface area contributed by atoms with Crippen molar-refractivity contribution in [3.05, 3.63) is 69.6 Å². The molecule has 2 N–H and O–H groups in total. The van der Waals surface area contributed by atoms with Crippen molar-refractivity contribution in [1.29, 1.82) is 0 Å². The van der Waals surface area contributed by atoms with Crippen LogP contribution in [0.5, 0.6) is 0 Å². The molecule has 1 fully saturated rings. The monoisotopic (exact) mass is 457 g/mol. The molecule has 0 saturated carbocycles. The average molecular weight is 458 g/mol. The molecule has 160 valence electrons. The van der Waals surface area contributed by atoms with Gasteiger partial charge in [0.15, 0.2) is 0 Å². The number of β-lactam (4-membered cyclic amide) rings is 1. The predicted octanol–water partition coefficient (Wildman–Crippen LogP) is 2.23. The van der Waals surface area contributed by atoms with Crippen molar-refractivity contribution in [2.24, 2.45) is 5.16 Å². The molecule has 1 aromatic carbocycles. The summed E-state index contributed by atoms with van der Waals surface area (Å²) in [6.45, 7) is 0.254. The third-order valence-corrected chi connectivity index (χ3v) is 6.97. The minimum Gasteiger partial charge on any atom is -0.477 e. The Labute approximate surface area is 186 Å². The summed E-state index contributed by atoms with van der Waals surface area (Å²) in [5, 5.41) is 17.7. The maximum absolute atomic E-state index is 12.6. The Morgan fingerprint density at radius 1 is 1.26 bits per heavy atom. The number of hydrogen-bond acceptors (Lipinski definition) is 7. The van der Waals surface area contributed by atoms with Crippen molar-refractivity contribution >= 4 is 47.1 Å². The first-order valence-electron chi connectivity index (χ1n) is 9.46. The summed E-state index contributed by atoms with van der Waals surface area (Å²) in [5.74, 6) is -1.58. The van der Waals surface area contributed by atoms with Crippen molar-refractivity contribution in [1.82, 2.24) is 10.2 Å². The molecule has 0 bridgehead atoms. The minimum absolute atomic E-state index is 0.121. The van der Waals surface area contributed by atoms with Gasteiger partial charge in [-0.25, -0.2) is 4.79 Å². The lowest BCUT2D eigenvalue weighted by atomic mass is 10.0. The molecule has 0 aliphatic carbocycles. The molecule has 3 heterocycles. The zero-order valence-corrected chi connectivity index (χ0v) is 17.9. The quantitative estimate of drug-likeness (QED) is 0.358. The highest BCUT2D eigenvalue weighted by atomic mass is 32.2. The van der Waals surface area contributed by atoms with Gasteiger partial charge >= 0.3 is 5.97 Å². The molecule has 2 amide bonds. The zero-order valence-electron chi connectivity index (χ0n) is 16.3. The van der Waals surface area contributed by atoms with E-state index in [1.807, 2.05) is 47.8 Å². The standard InChI is InChI=1S/C21H19N3O5S2/c25-16(9-15-7-4-8-30-15)23-17-19(26)24-18(21(27)28)14(12-31-20(17)24)10-22-29-11-13-5-2-1-3-6-13/h1-8,10,17,20H,9,11-12H2,(H,23,25)(H,27,28)/b22-10+/t17-,20-/m1/s1. The van der Waals surface area contributed by atoms with Crippen LogP contribution in [-0.2, 0) is 32.2 Å². The number of oxime groups is 1. The van der Waals surface area contributed by atoms with Crippen molar-refractivity contribution in [3.63, 3.8) is 0 Å². The van der Waals surface area contributed by atoms with Gasteiger partial charge in [0.1, 0.15) is 23.7 Å². The Morgan fingerprint density at radius 3 is 2.77 bits per heavy atom. The highest BCUT2D eigenvalue weighted by Crippen LogP contribution is 2.39. The van der Waals surface area contributed by atoms with Gasteiger partial charge in [0.2, 0.25) is 5.91 Å². The number of carbonyl (C=O) groups is 3. The van der Waals surface area contributed by atoms with Gasteiger partial charge in [-0.2, -0.15) is 0 Å². The minimum atomic E-state index is -1.22. The molecule has 1 aromatic heterocycles. The second kappa shape index (κ2) is 9.36. The van der Waals surface area contributed by atoms with Gasteiger partial charge in [-0.05, 0) is 17.0 Å². The normalized spacial score (nSPS) is 20.4. The summed E-state index contributed by atoms with van der Waals surface area (Å²) in [5.41, 5.74) is 1.20. The number of nitrogens with zero attached hydrogens (tertiary/aromatic N) is 2. The molecule has 4 rings (SSSR count). The number of nitrogens with one attached hydrogen (secondary N) is 1. The van der Waals surface area contributed by atoms with Crippen molar-refractivity contribution < 1.29 is 24.3 Å². The van der Waals surface area contributed by atoms with Crippen LogP contribution in [0.3, 0.4) is 0 Å². The number of hydrogen-bond donors (Lipinski definition) is 2. The van der Waals surface area contributed by atoms with Crippen LogP contribution in [0.4, 0.5) is 0 Å². The number of carbonyl (C=O) groups excluding carboxylic acids is 2. The number of carboxylic acid groups (broad SMARTS) is 1. The lowest BCUT2D eigenvalue weighted by molar-refractivity contribution is -0.150. The number of benzene rings is 1. The Kier molecular flexibility index (Phi) is 6.38. The van der Waals surface area contributed by atoms with E-state index >= 15 is 0 Å². The van der Waals surface area contributed by atoms with E-state index in [9.17, 15) is 19.5 Å². The molecule has 1 saturated heterocycles. The number of amides is 2. The van der Waals surface area contributed by atoms with Crippen LogP contribution in [0.2, 0.25) is 0 Å². The molecular formula is C21H19N3O5S2. The SMILES string of the molecule is O=C(Cc1cccs1)N[C@@H]1C(=O)N2C(C(=O)O)=C(/C=N/OCc3ccccc3)CS[C@H]12. The molecule has 2 aliphatic heterocycles. The molecule has 10 heteroatoms. The summed E-state index contributed by atoms with van der Waals surface area (Å²) >= 11 is 2.85. The first-order valence-corrected chi connectivity index (χ1v) is 11.4. The summed E-state index contributed by atoms with van der Waals surface area (Å²) in [6.07, 6.45) is 1.53. The molecule has 2 aliphatic rings. The number of thioether (sulfide) groups is 1. The first-order chi connectivity index (χ1) is 15.0. The summed E-state index contributed by atoms with van der Waals surface area (Å²) in [7, 11) is 0. The van der Waals surface area contributed by atoms with Gasteiger partial charge in [0.25, 0.3) is 5.91 Å². The van der Waals surface area contributed by atoms with Gasteiger partial charge in [0.05, 0.1) is 12.6 Å². The van der Waals surface area contributed by atoms with E-state index in [1.54, 1.807) is 0 Å². The molecule has 8 nitrogen and oxygen atoms in total. The molecule has 2 aromatic rings. The van der Waals surface area contributed by atoms with Gasteiger partial charge < -0.3 is 15.3 Å². The fourth-order valence-corrected chi connectivity index (χ4v) is 5.33. The number of thiophene rings is 1. The van der Waals surface area contributed by atoms with Crippen LogP contribution in [0, 0.1) is 0 Å². The van der Waals surface area contributed by atoms with Gasteiger partial charge in [-0.15, -0.1) is 23.1 Å². The Bertz CT molecular complexity index is 1040. The average Bonchev–Trinajstić information content (AvgIpc) is 3.28. The van der Waals surface area contributed by atoms with Crippen LogP contribution in [0.1, 0.15) is 10.4 Å². The topological polar surface area (TPSA) is 108 Å². The number of fused-ring (bicyclic) bond motifs is 1. The Morgan fingerprint density at radius 2 is 2.06 bits per heavy atom. The number of aliphatic carboxylic acids is 1. The maximum Gasteiger partial charge on any atom is 0.353 e. The van der Waals surface area contributed by atoms with Gasteiger partial charge in [-0.3, -0.25) is 14.5 Å². The Balaban J connectivity index is 1.40. The second-order valence-corrected chi connectivity index (χ2v) is 9.02. The molecule has 0 unspecified atom stereocenters. The fraction of sp³-hybridized carbons (Fsp3) is 0.238. The van der Waals surface area contributed by atoms with Crippen LogP contribution >= 0.6 is 23.1 Å². The number of rotatable bonds is 8. The lowest BCUT2D eigenvalue weighted by Gasteiger charge is -2.49. The van der Waals surface area contributed by atoms with Crippen LogP contribution in [0.15, 0.2) is 64.3 Å². The smallest absolute Gasteiger partial charge is 0.353 e. The van der Waals surface area contributed by atoms with E-state index in [0.29, 0.717) is 11.3 Å². The van der Waals surface area contributed by atoms with Crippen molar-refractivity contribution in [3.8, 4) is 0 Å². The molecule has 2 atom stereocenters. The van der Waals surface area contributed by atoms with E-state index in [0.717, 1.165) is 10.4 Å². The van der Waals surface area contributed by atoms with E-state index in [4.69, 9.17) is 4.84 Å². The highest BCUT2D eigenvalue weighted by Gasteiger charge is 2.54. The summed E-state index contributed by atoms with van der Waals surface area (Å²) < 4.78 is 0. The Hall–Kier alpha value is -3.11. The van der Waals surface area contributed by atoms with Crippen molar-refractivity contribution in [2.75, 3.05) is 5.75 Å². The van der Waals surface area contributed by atoms with Crippen LogP contribution < -0.4 is 5.32 Å². The molecule has 0 radical (unpaired) electrons. The lowest BCUT2D eigenvalue weighted by Crippen LogP contribution is -2.70.